The predicted molar refractivity (Wildman–Crippen MR) is 122 cm³/mol. The second-order valence-corrected chi connectivity index (χ2v) is 7.58. The normalized spacial score (nSPS) is 11.5. The number of hydrogen-bond acceptors (Lipinski definition) is 5. The van der Waals surface area contributed by atoms with Crippen LogP contribution in [0.1, 0.15) is 16.9 Å². The van der Waals surface area contributed by atoms with Crippen LogP contribution in [-0.2, 0) is 12.8 Å². The van der Waals surface area contributed by atoms with E-state index in [1.807, 2.05) is 31.2 Å². The van der Waals surface area contributed by atoms with Gasteiger partial charge in [-0.25, -0.2) is 0 Å². The molecular formula is C26H21F3O5. The molecule has 0 saturated heterocycles. The van der Waals surface area contributed by atoms with Gasteiger partial charge >= 0.3 is 6.18 Å². The summed E-state index contributed by atoms with van der Waals surface area (Å²) in [6.45, 7) is 2.15. The molecule has 1 heterocycles. The summed E-state index contributed by atoms with van der Waals surface area (Å²) < 4.78 is 63.2. The van der Waals surface area contributed by atoms with Crippen molar-refractivity contribution in [1.82, 2.24) is 0 Å². The first-order valence-corrected chi connectivity index (χ1v) is 10.3. The second kappa shape index (κ2) is 9.13. The van der Waals surface area contributed by atoms with E-state index >= 15 is 0 Å². The maximum atomic E-state index is 14.0. The zero-order valence-corrected chi connectivity index (χ0v) is 18.7. The Morgan fingerprint density at radius 1 is 0.912 bits per heavy atom. The number of halogens is 3. The Labute approximate surface area is 193 Å². The average Bonchev–Trinajstić information content (AvgIpc) is 2.82. The Morgan fingerprint density at radius 2 is 1.65 bits per heavy atom. The lowest BCUT2D eigenvalue weighted by molar-refractivity contribution is -0.152. The lowest BCUT2D eigenvalue weighted by atomic mass is 10.0. The summed E-state index contributed by atoms with van der Waals surface area (Å²) >= 11 is 0. The highest BCUT2D eigenvalue weighted by Gasteiger charge is 2.39. The molecule has 0 amide bonds. The molecule has 4 aromatic rings. The smallest absolute Gasteiger partial charge is 0.450 e. The van der Waals surface area contributed by atoms with Gasteiger partial charge in [0.25, 0.3) is 0 Å². The lowest BCUT2D eigenvalue weighted by Gasteiger charge is -2.15. The van der Waals surface area contributed by atoms with Crippen LogP contribution >= 0.6 is 0 Å². The van der Waals surface area contributed by atoms with Crippen LogP contribution < -0.4 is 19.6 Å². The van der Waals surface area contributed by atoms with Gasteiger partial charge in [-0.15, -0.1) is 0 Å². The Bertz CT molecular complexity index is 1410. The van der Waals surface area contributed by atoms with Crippen LogP contribution in [0.3, 0.4) is 0 Å². The molecule has 176 valence electrons. The monoisotopic (exact) mass is 470 g/mol. The number of ether oxygens (including phenoxy) is 3. The first-order valence-electron chi connectivity index (χ1n) is 10.3. The topological polar surface area (TPSA) is 57.9 Å². The third kappa shape index (κ3) is 4.44. The van der Waals surface area contributed by atoms with Crippen molar-refractivity contribution in [2.75, 3.05) is 14.2 Å². The molecule has 0 fully saturated rings. The predicted octanol–water partition coefficient (Wildman–Crippen LogP) is 6.38. The molecule has 0 aliphatic heterocycles. The Morgan fingerprint density at radius 3 is 2.32 bits per heavy atom. The molecule has 0 spiro atoms. The summed E-state index contributed by atoms with van der Waals surface area (Å²) in [5, 5.41) is 0.000951. The SMILES string of the molecule is COc1ccc(-c2c(C(F)(F)F)oc3cc(OCc4ccccc4C)ccc3c2=O)cc1OC. The van der Waals surface area contributed by atoms with Crippen LogP contribution in [0, 0.1) is 6.92 Å². The number of fused-ring (bicyclic) bond motifs is 1. The van der Waals surface area contributed by atoms with Crippen molar-refractivity contribution in [3.05, 3.63) is 87.8 Å². The maximum absolute atomic E-state index is 14.0. The number of hydrogen-bond donors (Lipinski definition) is 0. The van der Waals surface area contributed by atoms with E-state index in [0.29, 0.717) is 5.75 Å². The van der Waals surface area contributed by atoms with E-state index in [-0.39, 0.29) is 34.6 Å². The van der Waals surface area contributed by atoms with Gasteiger partial charge in [0.15, 0.2) is 11.5 Å². The third-order valence-electron chi connectivity index (χ3n) is 5.45. The largest absolute Gasteiger partial charge is 0.493 e. The molecule has 0 saturated carbocycles. The molecule has 0 aliphatic rings. The van der Waals surface area contributed by atoms with Crippen LogP contribution in [-0.4, -0.2) is 14.2 Å². The molecule has 0 atom stereocenters. The van der Waals surface area contributed by atoms with Crippen molar-refractivity contribution in [3.63, 3.8) is 0 Å². The molecule has 0 bridgehead atoms. The minimum atomic E-state index is -4.91. The molecule has 0 radical (unpaired) electrons. The highest BCUT2D eigenvalue weighted by atomic mass is 19.4. The van der Waals surface area contributed by atoms with Gasteiger partial charge in [0.1, 0.15) is 17.9 Å². The van der Waals surface area contributed by atoms with Crippen LogP contribution in [0.25, 0.3) is 22.1 Å². The average molecular weight is 470 g/mol. The van der Waals surface area contributed by atoms with Gasteiger partial charge in [-0.2, -0.15) is 13.2 Å². The molecule has 8 heteroatoms. The molecule has 0 N–H and O–H groups in total. The number of methoxy groups -OCH3 is 2. The van der Waals surface area contributed by atoms with E-state index in [9.17, 15) is 18.0 Å². The van der Waals surface area contributed by atoms with Crippen LogP contribution in [0.15, 0.2) is 69.9 Å². The van der Waals surface area contributed by atoms with Gasteiger partial charge in [-0.3, -0.25) is 4.79 Å². The highest BCUT2D eigenvalue weighted by Crippen LogP contribution is 2.40. The van der Waals surface area contributed by atoms with E-state index in [1.54, 1.807) is 0 Å². The van der Waals surface area contributed by atoms with Crippen LogP contribution in [0.5, 0.6) is 17.2 Å². The molecule has 34 heavy (non-hydrogen) atoms. The molecule has 3 aromatic carbocycles. The molecule has 5 nitrogen and oxygen atoms in total. The summed E-state index contributed by atoms with van der Waals surface area (Å²) in [4.78, 5) is 13.2. The number of alkyl halides is 3. The summed E-state index contributed by atoms with van der Waals surface area (Å²) in [6, 6.07) is 15.9. The number of benzene rings is 3. The zero-order valence-electron chi connectivity index (χ0n) is 18.7. The quantitative estimate of drug-likeness (QED) is 0.327. The van der Waals surface area contributed by atoms with Crippen molar-refractivity contribution in [2.24, 2.45) is 0 Å². The Hall–Kier alpha value is -3.94. The molecule has 4 rings (SSSR count). The van der Waals surface area contributed by atoms with Crippen molar-refractivity contribution in [1.29, 1.82) is 0 Å². The summed E-state index contributed by atoms with van der Waals surface area (Å²) in [5.74, 6) is -0.604. The lowest BCUT2D eigenvalue weighted by Crippen LogP contribution is -2.16. The van der Waals surface area contributed by atoms with Crippen LogP contribution in [0.2, 0.25) is 0 Å². The van der Waals surface area contributed by atoms with E-state index in [4.69, 9.17) is 18.6 Å². The number of rotatable bonds is 6. The van der Waals surface area contributed by atoms with Crippen molar-refractivity contribution in [2.45, 2.75) is 19.7 Å². The van der Waals surface area contributed by atoms with Crippen LogP contribution in [0.4, 0.5) is 13.2 Å². The Kier molecular flexibility index (Phi) is 6.24. The van der Waals surface area contributed by atoms with Gasteiger partial charge < -0.3 is 18.6 Å². The number of aryl methyl sites for hydroxylation is 1. The fraction of sp³-hybridized carbons (Fsp3) is 0.192. The summed E-state index contributed by atoms with van der Waals surface area (Å²) in [7, 11) is 2.76. The minimum absolute atomic E-state index is 0.000467. The van der Waals surface area contributed by atoms with Gasteiger partial charge in [0.2, 0.25) is 11.2 Å². The Balaban J connectivity index is 1.82. The van der Waals surface area contributed by atoms with Crippen molar-refractivity contribution < 1.29 is 31.8 Å². The third-order valence-corrected chi connectivity index (χ3v) is 5.45. The molecule has 1 aromatic heterocycles. The summed E-state index contributed by atoms with van der Waals surface area (Å²) in [5.41, 5.74) is 0.322. The van der Waals surface area contributed by atoms with E-state index in [2.05, 4.69) is 0 Å². The molecular weight excluding hydrogens is 449 g/mol. The molecule has 0 aliphatic carbocycles. The zero-order chi connectivity index (χ0) is 24.5. The highest BCUT2D eigenvalue weighted by molar-refractivity contribution is 5.84. The van der Waals surface area contributed by atoms with E-state index in [0.717, 1.165) is 11.1 Å². The van der Waals surface area contributed by atoms with E-state index in [1.165, 1.54) is 50.6 Å². The van der Waals surface area contributed by atoms with E-state index < -0.39 is 22.9 Å². The van der Waals surface area contributed by atoms with Gasteiger partial charge in [0.05, 0.1) is 25.2 Å². The maximum Gasteiger partial charge on any atom is 0.450 e. The second-order valence-electron chi connectivity index (χ2n) is 7.58. The fourth-order valence-corrected chi connectivity index (χ4v) is 3.65. The first-order chi connectivity index (χ1) is 16.2. The molecule has 0 unspecified atom stereocenters. The van der Waals surface area contributed by atoms with Crippen molar-refractivity contribution >= 4 is 11.0 Å². The van der Waals surface area contributed by atoms with Gasteiger partial charge in [-0.1, -0.05) is 30.3 Å². The van der Waals surface area contributed by atoms with Gasteiger partial charge in [-0.05, 0) is 47.9 Å². The van der Waals surface area contributed by atoms with Gasteiger partial charge in [0, 0.05) is 6.07 Å². The standard InChI is InChI=1S/C26H21F3O5/c1-15-6-4-5-7-17(15)14-33-18-9-10-19-21(13-18)34-25(26(27,28)29)23(24(19)30)16-8-11-20(31-2)22(12-16)32-3/h4-13H,14H2,1-3H3. The summed E-state index contributed by atoms with van der Waals surface area (Å²) in [6.07, 6.45) is -4.91. The minimum Gasteiger partial charge on any atom is -0.493 e. The fourth-order valence-electron chi connectivity index (χ4n) is 3.65. The van der Waals surface area contributed by atoms with Crippen molar-refractivity contribution in [3.8, 4) is 28.4 Å². The first kappa shape index (κ1) is 23.2.